The van der Waals surface area contributed by atoms with Crippen LogP contribution in [0.1, 0.15) is 180 Å². The third kappa shape index (κ3) is 7.98. The molecule has 334 valence electrons. The van der Waals surface area contributed by atoms with E-state index in [0.29, 0.717) is 0 Å². The molecule has 0 aromatic carbocycles. The van der Waals surface area contributed by atoms with Gasteiger partial charge >= 0.3 is 61.6 Å². The Balaban J connectivity index is 1.28. The first-order valence-electron chi connectivity index (χ1n) is 24.5. The van der Waals surface area contributed by atoms with Crippen LogP contribution in [0.4, 0.5) is 0 Å². The van der Waals surface area contributed by atoms with Crippen molar-refractivity contribution in [3.63, 3.8) is 0 Å². The summed E-state index contributed by atoms with van der Waals surface area (Å²) in [5, 5.41) is 0. The molecule has 4 unspecified atom stereocenters. The van der Waals surface area contributed by atoms with Crippen LogP contribution in [0.25, 0.3) is 0 Å². The van der Waals surface area contributed by atoms with Crippen LogP contribution < -0.4 is 0 Å². The summed E-state index contributed by atoms with van der Waals surface area (Å²) in [6.07, 6.45) is 26.5. The molecule has 3 heterocycles. The molecule has 7 aliphatic carbocycles. The smallest absolute Gasteiger partial charge is 0.412 e. The van der Waals surface area contributed by atoms with E-state index in [1.807, 2.05) is 5.70 Å². The van der Waals surface area contributed by atoms with Crippen LogP contribution in [0, 0.1) is 0 Å². The molecule has 4 bridgehead atoms. The second kappa shape index (κ2) is 16.7. The predicted octanol–water partition coefficient (Wildman–Crippen LogP) is 10.3. The minimum Gasteiger partial charge on any atom is -0.412 e. The highest BCUT2D eigenvalue weighted by Crippen LogP contribution is 2.62. The Hall–Kier alpha value is 0.995. The van der Waals surface area contributed by atoms with Crippen molar-refractivity contribution in [2.24, 2.45) is 0 Å². The van der Waals surface area contributed by atoms with Gasteiger partial charge in [0.2, 0.25) is 8.32 Å². The van der Waals surface area contributed by atoms with E-state index in [0.717, 1.165) is 180 Å². The molecular weight excluding hydrogens is 885 g/mol. The van der Waals surface area contributed by atoms with Crippen molar-refractivity contribution in [3.05, 3.63) is 12.3 Å². The molecule has 10 fully saturated rings. The summed E-state index contributed by atoms with van der Waals surface area (Å²) in [6.45, 7) is 8.70. The summed E-state index contributed by atoms with van der Waals surface area (Å²) in [5.74, 6) is 0. The summed E-state index contributed by atoms with van der Waals surface area (Å²) in [5.41, 5.74) is 1.27. The van der Waals surface area contributed by atoms with Crippen molar-refractivity contribution < 1.29 is 50.7 Å². The van der Waals surface area contributed by atoms with Crippen LogP contribution in [0.15, 0.2) is 12.3 Å². The molecule has 10 rings (SSSR count). The molecule has 10 aliphatic rings. The Bertz CT molecular complexity index is 1450. The van der Waals surface area contributed by atoms with Crippen LogP contribution in [0.2, 0.25) is 51.9 Å². The average Bonchev–Trinajstić information content (AvgIpc) is 4.05. The van der Waals surface area contributed by atoms with Gasteiger partial charge in [-0.3, -0.25) is 0 Å². The Morgan fingerprint density at radius 1 is 0.390 bits per heavy atom. The standard InChI is InChI=1S/C39H74O12Si8/c1-4-52(2,3)42-55(35-23-9-10-24-35)47-57(37-27-13-14-28-37)45-53(40,33-19-5-6-20-33)43-56(36-25-11-12-26-36)44-54(41,34-21-7-8-22-34)46-58(48-55,38-29-15-16-30-38)51-59(49-56,50-57)39-31-17-18-32-39/h4,33-41H,1,5-32H2,2-3H3. The fraction of sp³-hybridized carbons (Fsp3) is 0.949. The first-order chi connectivity index (χ1) is 28.4. The summed E-state index contributed by atoms with van der Waals surface area (Å²) in [4.78, 5) is 27.8. The van der Waals surface area contributed by atoms with Crippen LogP contribution in [0.3, 0.4) is 0 Å². The van der Waals surface area contributed by atoms with Gasteiger partial charge in [0, 0.05) is 38.8 Å². The number of hydrogen-bond acceptors (Lipinski definition) is 12. The van der Waals surface area contributed by atoms with Crippen molar-refractivity contribution in [1.82, 2.24) is 0 Å². The minimum atomic E-state index is -4.30. The van der Waals surface area contributed by atoms with Crippen LogP contribution in [-0.4, -0.2) is 79.5 Å². The molecule has 59 heavy (non-hydrogen) atoms. The van der Waals surface area contributed by atoms with E-state index < -0.39 is 69.9 Å². The van der Waals surface area contributed by atoms with Gasteiger partial charge in [0.1, 0.15) is 0 Å². The van der Waals surface area contributed by atoms with E-state index in [-0.39, 0.29) is 38.8 Å². The molecule has 20 heteroatoms. The van der Waals surface area contributed by atoms with Crippen LogP contribution in [0.5, 0.6) is 0 Å². The molecule has 0 spiro atoms. The predicted molar refractivity (Wildman–Crippen MR) is 239 cm³/mol. The molecule has 0 amide bonds. The third-order valence-electron chi connectivity index (χ3n) is 16.5. The Labute approximate surface area is 362 Å². The molecule has 3 aliphatic heterocycles. The maximum absolute atomic E-state index is 13.9. The zero-order valence-corrected chi connectivity index (χ0v) is 44.1. The van der Waals surface area contributed by atoms with Gasteiger partial charge in [0.05, 0.1) is 0 Å². The Morgan fingerprint density at radius 2 is 0.627 bits per heavy atom. The van der Waals surface area contributed by atoms with Crippen LogP contribution in [-0.2, 0) is 41.2 Å². The Kier molecular flexibility index (Phi) is 12.4. The van der Waals surface area contributed by atoms with E-state index in [1.54, 1.807) is 0 Å². The van der Waals surface area contributed by atoms with Crippen molar-refractivity contribution in [2.45, 2.75) is 232 Å². The topological polar surface area (TPSA) is 133 Å². The second-order valence-corrected chi connectivity index (χ2v) is 47.0. The van der Waals surface area contributed by atoms with E-state index in [4.69, 9.17) is 41.2 Å². The van der Waals surface area contributed by atoms with Crippen molar-refractivity contribution in [2.75, 3.05) is 0 Å². The SMILES string of the molecule is C=C[Si](C)(C)O[Si]1(C2CCCC2)O[Si]2(C3CCCC3)O[Si](O)(C3CCCC3)O[Si]3(C4CCCC4)O[Si](O)(C4CCCC4)O[Si](C4CCCC4)(O1)O[Si](C1CCCC1)(O3)O2. The van der Waals surface area contributed by atoms with Gasteiger partial charge < -0.3 is 50.7 Å². The Morgan fingerprint density at radius 3 is 0.915 bits per heavy atom. The van der Waals surface area contributed by atoms with Gasteiger partial charge in [-0.1, -0.05) is 95.6 Å². The highest BCUT2D eigenvalue weighted by atomic mass is 28.6. The summed E-state index contributed by atoms with van der Waals surface area (Å²) in [7, 11) is -31.6. The monoisotopic (exact) mass is 958 g/mol. The number of rotatable bonds is 10. The van der Waals surface area contributed by atoms with Gasteiger partial charge in [0.15, 0.2) is 0 Å². The zero-order valence-electron chi connectivity index (χ0n) is 36.1. The minimum absolute atomic E-state index is 0.0288. The van der Waals surface area contributed by atoms with Crippen molar-refractivity contribution in [3.8, 4) is 0 Å². The van der Waals surface area contributed by atoms with Gasteiger partial charge in [-0.15, -0.1) is 6.58 Å². The lowest BCUT2D eigenvalue weighted by atomic mass is 10.4. The normalized spacial score (nSPS) is 45.6. The fourth-order valence-electron chi connectivity index (χ4n) is 13.1. The summed E-state index contributed by atoms with van der Waals surface area (Å²) >= 11 is 0. The first kappa shape index (κ1) is 43.9. The summed E-state index contributed by atoms with van der Waals surface area (Å²) in [6, 6.07) is 0. The number of fused-ring (bicyclic) bond motifs is 3. The van der Waals surface area contributed by atoms with E-state index in [2.05, 4.69) is 19.7 Å². The van der Waals surface area contributed by atoms with Gasteiger partial charge in [0.25, 0.3) is 0 Å². The van der Waals surface area contributed by atoms with Crippen molar-refractivity contribution in [1.29, 1.82) is 0 Å². The largest absolute Gasteiger partial charge is 0.486 e. The van der Waals surface area contributed by atoms with Gasteiger partial charge in [-0.25, -0.2) is 0 Å². The lowest BCUT2D eigenvalue weighted by Crippen LogP contribution is -2.85. The van der Waals surface area contributed by atoms with E-state index >= 15 is 0 Å². The lowest BCUT2D eigenvalue weighted by Gasteiger charge is -2.62. The highest BCUT2D eigenvalue weighted by molar-refractivity contribution is 7.00. The molecule has 2 N–H and O–H groups in total. The third-order valence-corrected chi connectivity index (χ3v) is 52.4. The summed E-state index contributed by atoms with van der Waals surface area (Å²) < 4.78 is 80.3. The molecule has 0 aromatic heterocycles. The molecule has 0 aromatic rings. The number of hydrogen-bond donors (Lipinski definition) is 2. The van der Waals surface area contributed by atoms with Gasteiger partial charge in [-0.05, 0) is 103 Å². The highest BCUT2D eigenvalue weighted by Gasteiger charge is 2.83. The van der Waals surface area contributed by atoms with E-state index in [9.17, 15) is 9.59 Å². The second-order valence-electron chi connectivity index (χ2n) is 21.0. The first-order valence-corrected chi connectivity index (χ1v) is 40.1. The zero-order chi connectivity index (χ0) is 40.6. The van der Waals surface area contributed by atoms with Crippen LogP contribution >= 0.6 is 0 Å². The molecular formula is C39H74O12Si8. The van der Waals surface area contributed by atoms with Gasteiger partial charge in [-0.2, -0.15) is 0 Å². The van der Waals surface area contributed by atoms with E-state index in [1.165, 1.54) is 0 Å². The molecule has 12 nitrogen and oxygen atoms in total. The lowest BCUT2D eigenvalue weighted by molar-refractivity contribution is -0.00875. The molecule has 0 radical (unpaired) electrons. The maximum Gasteiger partial charge on any atom is 0.486 e. The average molecular weight is 960 g/mol. The molecule has 7 saturated carbocycles. The van der Waals surface area contributed by atoms with Crippen molar-refractivity contribution >= 4 is 69.9 Å². The molecule has 3 saturated heterocycles. The quantitative estimate of drug-likeness (QED) is 0.202. The fourth-order valence-corrected chi connectivity index (χ4v) is 60.6. The molecule has 4 atom stereocenters. The maximum atomic E-state index is 13.9.